The molecule has 2 aromatic rings. The number of anilines is 2. The molecule has 0 saturated carbocycles. The third-order valence-corrected chi connectivity index (χ3v) is 5.08. The van der Waals surface area contributed by atoms with Crippen molar-refractivity contribution in [1.82, 2.24) is 0 Å². The fourth-order valence-electron chi connectivity index (χ4n) is 3.46. The summed E-state index contributed by atoms with van der Waals surface area (Å²) < 4.78 is 5.22. The molecular formula is C20H22ClN3O4. The zero-order valence-corrected chi connectivity index (χ0v) is 16.5. The molecule has 1 heterocycles. The number of piperidine rings is 1. The summed E-state index contributed by atoms with van der Waals surface area (Å²) in [5.74, 6) is 0.458. The van der Waals surface area contributed by atoms with E-state index in [1.165, 1.54) is 13.2 Å². The molecule has 0 aromatic heterocycles. The highest BCUT2D eigenvalue weighted by molar-refractivity contribution is 6.31. The number of halogens is 1. The number of benzene rings is 2. The summed E-state index contributed by atoms with van der Waals surface area (Å²) in [5, 5.41) is 14.8. The predicted molar refractivity (Wildman–Crippen MR) is 110 cm³/mol. The molecule has 148 valence electrons. The minimum absolute atomic E-state index is 0.0696. The number of hydrogen-bond donors (Lipinski definition) is 1. The van der Waals surface area contributed by atoms with Gasteiger partial charge in [0.2, 0.25) is 0 Å². The molecule has 28 heavy (non-hydrogen) atoms. The Hall–Kier alpha value is -2.80. The van der Waals surface area contributed by atoms with Crippen LogP contribution in [0.4, 0.5) is 17.1 Å². The minimum atomic E-state index is -0.470. The first-order valence-corrected chi connectivity index (χ1v) is 9.45. The van der Waals surface area contributed by atoms with Crippen molar-refractivity contribution in [3.63, 3.8) is 0 Å². The smallest absolute Gasteiger partial charge is 0.293 e. The number of nitrogens with one attached hydrogen (secondary N) is 1. The van der Waals surface area contributed by atoms with E-state index in [9.17, 15) is 14.9 Å². The first-order chi connectivity index (χ1) is 13.4. The number of hydrogen-bond acceptors (Lipinski definition) is 5. The highest BCUT2D eigenvalue weighted by Gasteiger charge is 2.25. The van der Waals surface area contributed by atoms with Gasteiger partial charge >= 0.3 is 0 Å². The number of nitrogens with zero attached hydrogens (tertiary/aromatic N) is 2. The third-order valence-electron chi connectivity index (χ3n) is 4.84. The van der Waals surface area contributed by atoms with Crippen molar-refractivity contribution in [3.8, 4) is 5.75 Å². The number of carbonyl (C=O) groups excluding carboxylic acids is 1. The summed E-state index contributed by atoms with van der Waals surface area (Å²) in [7, 11) is 1.48. The Morgan fingerprint density at radius 3 is 2.79 bits per heavy atom. The van der Waals surface area contributed by atoms with Gasteiger partial charge in [0.25, 0.3) is 11.6 Å². The van der Waals surface area contributed by atoms with E-state index in [-0.39, 0.29) is 11.3 Å². The van der Waals surface area contributed by atoms with Crippen LogP contribution in [-0.4, -0.2) is 31.0 Å². The van der Waals surface area contributed by atoms with Crippen LogP contribution in [0.1, 0.15) is 30.1 Å². The van der Waals surface area contributed by atoms with Crippen molar-refractivity contribution in [2.45, 2.75) is 19.8 Å². The van der Waals surface area contributed by atoms with E-state index in [0.29, 0.717) is 28.1 Å². The highest BCUT2D eigenvalue weighted by Crippen LogP contribution is 2.33. The minimum Gasteiger partial charge on any atom is -0.495 e. The Bertz CT molecular complexity index is 903. The van der Waals surface area contributed by atoms with E-state index >= 15 is 0 Å². The van der Waals surface area contributed by atoms with Crippen molar-refractivity contribution in [1.29, 1.82) is 0 Å². The zero-order chi connectivity index (χ0) is 20.3. The molecule has 1 atom stereocenters. The number of methoxy groups -OCH3 is 1. The lowest BCUT2D eigenvalue weighted by atomic mass is 9.99. The van der Waals surface area contributed by atoms with Crippen molar-refractivity contribution < 1.29 is 14.5 Å². The topological polar surface area (TPSA) is 84.7 Å². The zero-order valence-electron chi connectivity index (χ0n) is 15.8. The van der Waals surface area contributed by atoms with Crippen molar-refractivity contribution >= 4 is 34.6 Å². The van der Waals surface area contributed by atoms with E-state index < -0.39 is 10.8 Å². The Morgan fingerprint density at radius 2 is 2.11 bits per heavy atom. The average molecular weight is 404 g/mol. The van der Waals surface area contributed by atoms with Gasteiger partial charge in [0.1, 0.15) is 11.4 Å². The molecule has 0 unspecified atom stereocenters. The SMILES string of the molecule is COc1ccc(Cl)cc1NC(=O)c1ccc(N2CCC[C@@H](C)C2)c([N+](=O)[O-])c1. The second-order valence-corrected chi connectivity index (χ2v) is 7.39. The summed E-state index contributed by atoms with van der Waals surface area (Å²) in [6.45, 7) is 3.68. The molecule has 1 aliphatic rings. The van der Waals surface area contributed by atoms with Crippen molar-refractivity contribution in [3.05, 3.63) is 57.1 Å². The van der Waals surface area contributed by atoms with Gasteiger partial charge < -0.3 is 15.0 Å². The average Bonchev–Trinajstić information content (AvgIpc) is 2.67. The van der Waals surface area contributed by atoms with Crippen LogP contribution in [0.5, 0.6) is 5.75 Å². The Labute approximate surface area is 168 Å². The first kappa shape index (κ1) is 19.9. The number of carbonyl (C=O) groups is 1. The summed E-state index contributed by atoms with van der Waals surface area (Å²) >= 11 is 5.99. The maximum absolute atomic E-state index is 12.7. The fourth-order valence-corrected chi connectivity index (χ4v) is 3.63. The van der Waals surface area contributed by atoms with Gasteiger partial charge in [0.15, 0.2) is 0 Å². The van der Waals surface area contributed by atoms with Gasteiger partial charge in [-0.05, 0) is 49.1 Å². The van der Waals surface area contributed by atoms with Gasteiger partial charge in [-0.3, -0.25) is 14.9 Å². The van der Waals surface area contributed by atoms with Crippen molar-refractivity contribution in [2.75, 3.05) is 30.4 Å². The molecule has 2 aromatic carbocycles. The van der Waals surface area contributed by atoms with Crippen molar-refractivity contribution in [2.24, 2.45) is 5.92 Å². The molecule has 1 saturated heterocycles. The maximum atomic E-state index is 12.7. The highest BCUT2D eigenvalue weighted by atomic mass is 35.5. The Kier molecular flexibility index (Phi) is 6.04. The second kappa shape index (κ2) is 8.48. The van der Waals surface area contributed by atoms with E-state index in [4.69, 9.17) is 16.3 Å². The monoisotopic (exact) mass is 403 g/mol. The van der Waals surface area contributed by atoms with Gasteiger partial charge in [-0.1, -0.05) is 18.5 Å². The number of nitro benzene ring substituents is 1. The van der Waals surface area contributed by atoms with E-state index in [1.807, 2.05) is 4.90 Å². The molecule has 0 aliphatic carbocycles. The Morgan fingerprint density at radius 1 is 1.32 bits per heavy atom. The van der Waals surface area contributed by atoms with E-state index in [0.717, 1.165) is 25.9 Å². The molecule has 7 nitrogen and oxygen atoms in total. The molecule has 8 heteroatoms. The lowest BCUT2D eigenvalue weighted by molar-refractivity contribution is -0.384. The first-order valence-electron chi connectivity index (χ1n) is 9.07. The summed E-state index contributed by atoms with van der Waals surface area (Å²) in [6, 6.07) is 9.43. The fraction of sp³-hybridized carbons (Fsp3) is 0.350. The van der Waals surface area contributed by atoms with Crippen LogP contribution in [0, 0.1) is 16.0 Å². The van der Waals surface area contributed by atoms with Gasteiger partial charge in [0.05, 0.1) is 17.7 Å². The summed E-state index contributed by atoms with van der Waals surface area (Å²) in [4.78, 5) is 25.9. The normalized spacial score (nSPS) is 16.5. The predicted octanol–water partition coefficient (Wildman–Crippen LogP) is 4.75. The number of amides is 1. The standard InChI is InChI=1S/C20H22ClN3O4/c1-13-4-3-9-23(12-13)17-7-5-14(10-18(17)24(26)27)20(25)22-16-11-15(21)6-8-19(16)28-2/h5-8,10-11,13H,3-4,9,12H2,1-2H3,(H,22,25)/t13-/m1/s1. The number of ether oxygens (including phenoxy) is 1. The molecule has 1 aliphatic heterocycles. The largest absolute Gasteiger partial charge is 0.495 e. The number of nitro groups is 1. The maximum Gasteiger partial charge on any atom is 0.293 e. The molecule has 1 amide bonds. The van der Waals surface area contributed by atoms with Gasteiger partial charge in [-0.2, -0.15) is 0 Å². The molecular weight excluding hydrogens is 382 g/mol. The summed E-state index contributed by atoms with van der Waals surface area (Å²) in [5.41, 5.74) is 1.08. The molecule has 1 N–H and O–H groups in total. The molecule has 1 fully saturated rings. The van der Waals surface area contributed by atoms with Crippen LogP contribution in [0.25, 0.3) is 0 Å². The van der Waals surface area contributed by atoms with E-state index in [1.54, 1.807) is 30.3 Å². The summed E-state index contributed by atoms with van der Waals surface area (Å²) in [6.07, 6.45) is 2.11. The van der Waals surface area contributed by atoms with E-state index in [2.05, 4.69) is 12.2 Å². The van der Waals surface area contributed by atoms with Crippen LogP contribution in [0.3, 0.4) is 0 Å². The van der Waals surface area contributed by atoms with Crippen LogP contribution < -0.4 is 15.0 Å². The van der Waals surface area contributed by atoms with Crippen LogP contribution in [-0.2, 0) is 0 Å². The molecule has 3 rings (SSSR count). The molecule has 0 spiro atoms. The van der Waals surface area contributed by atoms with Crippen LogP contribution in [0.2, 0.25) is 5.02 Å². The second-order valence-electron chi connectivity index (χ2n) is 6.95. The van der Waals surface area contributed by atoms with Gasteiger partial charge in [-0.25, -0.2) is 0 Å². The van der Waals surface area contributed by atoms with Gasteiger partial charge in [0, 0.05) is 29.7 Å². The Balaban J connectivity index is 1.88. The van der Waals surface area contributed by atoms with Crippen LogP contribution >= 0.6 is 11.6 Å². The number of rotatable bonds is 5. The van der Waals surface area contributed by atoms with Crippen LogP contribution in [0.15, 0.2) is 36.4 Å². The lowest BCUT2D eigenvalue weighted by Crippen LogP contribution is -2.34. The molecule has 0 radical (unpaired) electrons. The van der Waals surface area contributed by atoms with Gasteiger partial charge in [-0.15, -0.1) is 0 Å². The quantitative estimate of drug-likeness (QED) is 0.575. The lowest BCUT2D eigenvalue weighted by Gasteiger charge is -2.32. The third kappa shape index (κ3) is 4.36. The molecule has 0 bridgehead atoms.